The van der Waals surface area contributed by atoms with Crippen LogP contribution in [0.15, 0.2) is 72.8 Å². The number of rotatable bonds is 4. The fourth-order valence-corrected chi connectivity index (χ4v) is 2.53. The molecule has 0 saturated heterocycles. The SMILES string of the molecule is Cc1ccc(N(Cc2ccc(F)cc2)C(=O)c2ccc(F)cc2)cc1. The van der Waals surface area contributed by atoms with Gasteiger partial charge in [0.1, 0.15) is 11.6 Å². The number of benzene rings is 3. The molecule has 1 amide bonds. The summed E-state index contributed by atoms with van der Waals surface area (Å²) in [6.07, 6.45) is 0. The Balaban J connectivity index is 1.95. The van der Waals surface area contributed by atoms with Crippen LogP contribution in [0.4, 0.5) is 14.5 Å². The number of hydrogen-bond acceptors (Lipinski definition) is 1. The first kappa shape index (κ1) is 16.8. The molecule has 126 valence electrons. The first-order valence-corrected chi connectivity index (χ1v) is 7.91. The van der Waals surface area contributed by atoms with E-state index in [1.54, 1.807) is 17.0 Å². The van der Waals surface area contributed by atoms with Crippen LogP contribution in [0.2, 0.25) is 0 Å². The summed E-state index contributed by atoms with van der Waals surface area (Å²) in [5.74, 6) is -0.958. The molecule has 25 heavy (non-hydrogen) atoms. The molecule has 0 atom stereocenters. The highest BCUT2D eigenvalue weighted by atomic mass is 19.1. The summed E-state index contributed by atoms with van der Waals surface area (Å²) in [6, 6.07) is 19.0. The van der Waals surface area contributed by atoms with Gasteiger partial charge in [-0.1, -0.05) is 29.8 Å². The van der Waals surface area contributed by atoms with Crippen LogP contribution in [0.1, 0.15) is 21.5 Å². The van der Waals surface area contributed by atoms with Crippen LogP contribution in [0.25, 0.3) is 0 Å². The first-order valence-electron chi connectivity index (χ1n) is 7.91. The topological polar surface area (TPSA) is 20.3 Å². The van der Waals surface area contributed by atoms with Gasteiger partial charge in [-0.25, -0.2) is 8.78 Å². The Morgan fingerprint density at radius 3 is 1.88 bits per heavy atom. The molecule has 3 aromatic rings. The number of hydrogen-bond donors (Lipinski definition) is 0. The Morgan fingerprint density at radius 1 is 0.800 bits per heavy atom. The van der Waals surface area contributed by atoms with E-state index in [0.717, 1.165) is 16.8 Å². The van der Waals surface area contributed by atoms with E-state index >= 15 is 0 Å². The zero-order chi connectivity index (χ0) is 17.8. The Morgan fingerprint density at radius 2 is 1.32 bits per heavy atom. The van der Waals surface area contributed by atoms with E-state index in [-0.39, 0.29) is 11.7 Å². The lowest BCUT2D eigenvalue weighted by atomic mass is 10.1. The maximum atomic E-state index is 13.1. The van der Waals surface area contributed by atoms with Crippen molar-refractivity contribution in [2.45, 2.75) is 13.5 Å². The predicted octanol–water partition coefficient (Wildman–Crippen LogP) is 5.12. The minimum atomic E-state index is -0.392. The number of anilines is 1. The van der Waals surface area contributed by atoms with Crippen molar-refractivity contribution >= 4 is 11.6 Å². The minimum absolute atomic E-state index is 0.242. The molecular weight excluding hydrogens is 320 g/mol. The van der Waals surface area contributed by atoms with Crippen LogP contribution >= 0.6 is 0 Å². The summed E-state index contributed by atoms with van der Waals surface area (Å²) in [5, 5.41) is 0. The average Bonchev–Trinajstić information content (AvgIpc) is 2.62. The van der Waals surface area contributed by atoms with Gasteiger partial charge in [-0.3, -0.25) is 4.79 Å². The molecule has 0 aliphatic carbocycles. The third-order valence-electron chi connectivity index (χ3n) is 3.94. The molecule has 3 rings (SSSR count). The molecule has 2 nitrogen and oxygen atoms in total. The summed E-state index contributed by atoms with van der Waals surface area (Å²) in [4.78, 5) is 14.5. The van der Waals surface area contributed by atoms with Gasteiger partial charge in [-0.2, -0.15) is 0 Å². The lowest BCUT2D eigenvalue weighted by molar-refractivity contribution is 0.0985. The Hall–Kier alpha value is -3.01. The van der Waals surface area contributed by atoms with E-state index in [1.165, 1.54) is 36.4 Å². The summed E-state index contributed by atoms with van der Waals surface area (Å²) < 4.78 is 26.3. The molecule has 3 aromatic carbocycles. The molecule has 0 fully saturated rings. The van der Waals surface area contributed by atoms with Crippen molar-refractivity contribution in [2.75, 3.05) is 4.90 Å². The molecule has 0 saturated carbocycles. The average molecular weight is 337 g/mol. The molecular formula is C21H17F2NO. The molecule has 4 heteroatoms. The second-order valence-corrected chi connectivity index (χ2v) is 5.86. The van der Waals surface area contributed by atoms with Crippen LogP contribution < -0.4 is 4.90 Å². The normalized spacial score (nSPS) is 10.5. The summed E-state index contributed by atoms with van der Waals surface area (Å²) in [5.41, 5.74) is 3.01. The molecule has 0 radical (unpaired) electrons. The standard InChI is InChI=1S/C21H17F2NO/c1-15-2-12-20(13-3-15)24(14-16-4-8-18(22)9-5-16)21(25)17-6-10-19(23)11-7-17/h2-13H,14H2,1H3. The van der Waals surface area contributed by atoms with Gasteiger partial charge < -0.3 is 4.90 Å². The van der Waals surface area contributed by atoms with Crippen LogP contribution in [0, 0.1) is 18.6 Å². The van der Waals surface area contributed by atoms with E-state index in [2.05, 4.69) is 0 Å². The van der Waals surface area contributed by atoms with Crippen molar-refractivity contribution < 1.29 is 13.6 Å². The van der Waals surface area contributed by atoms with Crippen LogP contribution in [0.5, 0.6) is 0 Å². The smallest absolute Gasteiger partial charge is 0.258 e. The lowest BCUT2D eigenvalue weighted by Gasteiger charge is -2.23. The van der Waals surface area contributed by atoms with E-state index in [9.17, 15) is 13.6 Å². The first-order chi connectivity index (χ1) is 12.0. The van der Waals surface area contributed by atoms with Gasteiger partial charge in [0.2, 0.25) is 0 Å². The summed E-state index contributed by atoms with van der Waals surface area (Å²) in [6.45, 7) is 2.26. The zero-order valence-corrected chi connectivity index (χ0v) is 13.7. The summed E-state index contributed by atoms with van der Waals surface area (Å²) in [7, 11) is 0. The van der Waals surface area contributed by atoms with Crippen molar-refractivity contribution in [1.29, 1.82) is 0 Å². The Bertz CT molecular complexity index is 856. The molecule has 0 aliphatic rings. The Labute approximate surface area is 145 Å². The maximum absolute atomic E-state index is 13.1. The van der Waals surface area contributed by atoms with Gasteiger partial charge in [0.25, 0.3) is 5.91 Å². The maximum Gasteiger partial charge on any atom is 0.258 e. The van der Waals surface area contributed by atoms with Crippen molar-refractivity contribution in [2.24, 2.45) is 0 Å². The third-order valence-corrected chi connectivity index (χ3v) is 3.94. The highest BCUT2D eigenvalue weighted by Gasteiger charge is 2.18. The van der Waals surface area contributed by atoms with Crippen LogP contribution in [-0.2, 0) is 6.54 Å². The molecule has 0 heterocycles. The second kappa shape index (κ2) is 7.26. The fourth-order valence-electron chi connectivity index (χ4n) is 2.53. The largest absolute Gasteiger partial charge is 0.304 e. The highest BCUT2D eigenvalue weighted by Crippen LogP contribution is 2.21. The van der Waals surface area contributed by atoms with Crippen LogP contribution in [0.3, 0.4) is 0 Å². The third kappa shape index (κ3) is 4.10. The van der Waals surface area contributed by atoms with Gasteiger partial charge in [0, 0.05) is 11.3 Å². The quantitative estimate of drug-likeness (QED) is 0.647. The molecule has 0 unspecified atom stereocenters. The van der Waals surface area contributed by atoms with Gasteiger partial charge in [0.15, 0.2) is 0 Å². The predicted molar refractivity (Wildman–Crippen MR) is 94.5 cm³/mol. The number of amides is 1. The number of carbonyl (C=O) groups excluding carboxylic acids is 1. The molecule has 0 N–H and O–H groups in total. The van der Waals surface area contributed by atoms with Crippen molar-refractivity contribution in [3.05, 3.63) is 101 Å². The monoisotopic (exact) mass is 337 g/mol. The Kier molecular flexibility index (Phi) is 4.89. The number of nitrogens with zero attached hydrogens (tertiary/aromatic N) is 1. The van der Waals surface area contributed by atoms with Gasteiger partial charge in [-0.15, -0.1) is 0 Å². The van der Waals surface area contributed by atoms with Crippen molar-refractivity contribution in [3.8, 4) is 0 Å². The van der Waals surface area contributed by atoms with Gasteiger partial charge >= 0.3 is 0 Å². The molecule has 0 bridgehead atoms. The van der Waals surface area contributed by atoms with E-state index in [1.807, 2.05) is 31.2 Å². The minimum Gasteiger partial charge on any atom is -0.304 e. The van der Waals surface area contributed by atoms with Crippen molar-refractivity contribution in [3.63, 3.8) is 0 Å². The molecule has 0 spiro atoms. The number of aryl methyl sites for hydroxylation is 1. The van der Waals surface area contributed by atoms with Gasteiger partial charge in [-0.05, 0) is 61.0 Å². The lowest BCUT2D eigenvalue weighted by Crippen LogP contribution is -2.30. The molecule has 0 aromatic heterocycles. The highest BCUT2D eigenvalue weighted by molar-refractivity contribution is 6.06. The van der Waals surface area contributed by atoms with Crippen molar-refractivity contribution in [1.82, 2.24) is 0 Å². The fraction of sp³-hybridized carbons (Fsp3) is 0.0952. The van der Waals surface area contributed by atoms with E-state index in [0.29, 0.717) is 12.1 Å². The number of halogens is 2. The van der Waals surface area contributed by atoms with E-state index < -0.39 is 5.82 Å². The van der Waals surface area contributed by atoms with Gasteiger partial charge in [0.05, 0.1) is 6.54 Å². The number of carbonyl (C=O) groups is 1. The van der Waals surface area contributed by atoms with Crippen LogP contribution in [-0.4, -0.2) is 5.91 Å². The van der Waals surface area contributed by atoms with E-state index in [4.69, 9.17) is 0 Å². The molecule has 0 aliphatic heterocycles. The summed E-state index contributed by atoms with van der Waals surface area (Å²) >= 11 is 0. The second-order valence-electron chi connectivity index (χ2n) is 5.86. The zero-order valence-electron chi connectivity index (χ0n) is 13.7.